The highest BCUT2D eigenvalue weighted by molar-refractivity contribution is 8.13. The highest BCUT2D eigenvalue weighted by Crippen LogP contribution is 2.62. The van der Waals surface area contributed by atoms with Gasteiger partial charge in [-0.05, 0) is 238 Å². The summed E-state index contributed by atoms with van der Waals surface area (Å²) in [5.74, 6) is 0.176. The first kappa shape index (κ1) is 75.5. The number of nitrogens with zero attached hydrogens (tertiary/aromatic N) is 1. The van der Waals surface area contributed by atoms with Crippen LogP contribution in [0.2, 0.25) is 0 Å². The quantitative estimate of drug-likeness (QED) is 0.145. The average Bonchev–Trinajstić information content (AvgIpc) is 0.703. The van der Waals surface area contributed by atoms with Crippen LogP contribution in [0.25, 0.3) is 4.13 Å². The fourth-order valence-electron chi connectivity index (χ4n) is 15.4. The molecular weight excluding hydrogens is 1260 g/mol. The van der Waals surface area contributed by atoms with E-state index in [1.807, 2.05) is 0 Å². The van der Waals surface area contributed by atoms with Crippen molar-refractivity contribution < 1.29 is 86.9 Å². The SMILES string of the molecule is Cc1c(C(C)C)cc(C(C)C)cc1C(C)C.Cc1c(C2CCCCC2)cc(C2CCCCC2)cc1C1CCCCC1.Cc1cc(C(F)(F)F)cc(C(F)(F)F)c1.O=S(=O)([O-])C(F)CCC12CC3CC(CC(C3)C1)C2.O=S1(=O)[N-]S(=O)(=O)C(F)(F)C(F)(F)C1(F)F. The van der Waals surface area contributed by atoms with Crippen molar-refractivity contribution in [3.63, 3.8) is 0 Å². The normalized spacial score (nSPS) is 25.8. The molecule has 1 unspecified atom stereocenters. The monoisotopic (exact) mass is 1350 g/mol. The maximum absolute atomic E-state index is 13.3. The van der Waals surface area contributed by atoms with Gasteiger partial charge in [0.1, 0.15) is 10.1 Å². The van der Waals surface area contributed by atoms with Crippen molar-refractivity contribution >= 4 is 30.2 Å². The summed E-state index contributed by atoms with van der Waals surface area (Å²) in [5.41, 5.74) is 8.30. The summed E-state index contributed by atoms with van der Waals surface area (Å²) in [6.07, 6.45) is 20.1. The Hall–Kier alpha value is -3.48. The van der Waals surface area contributed by atoms with Gasteiger partial charge in [0.25, 0.3) is 0 Å². The molecule has 1 heterocycles. The van der Waals surface area contributed by atoms with Gasteiger partial charge < -0.3 is 8.68 Å². The van der Waals surface area contributed by atoms with Gasteiger partial charge in [-0.1, -0.05) is 124 Å². The largest absolute Gasteiger partial charge is 0.746 e. The number of halogens is 13. The Balaban J connectivity index is 0.000000182. The molecule has 0 amide bonds. The van der Waals surface area contributed by atoms with Gasteiger partial charge in [0.2, 0.25) is 0 Å². The van der Waals surface area contributed by atoms with Crippen LogP contribution in [0.4, 0.5) is 57.1 Å². The van der Waals surface area contributed by atoms with Gasteiger partial charge in [0.15, 0.2) is 25.6 Å². The summed E-state index contributed by atoms with van der Waals surface area (Å²) in [6, 6.07) is 11.6. The third-order valence-electron chi connectivity index (χ3n) is 19.8. The maximum Gasteiger partial charge on any atom is 0.416 e. The standard InChI is InChI=1S/C25H38.C16H26.C13H21FO3S.C9H6F6.C3F6NO4S2/c1-19-24(21-13-7-3-8-14-21)17-23(20-11-5-2-6-12-20)18-25(19)22-15-9-4-10-16-22;1-10(2)14-8-15(11(3)4)13(7)16(9-14)12(5)6;14-12(18(15,16)17)1-2-13-6-9-3-10(7-13)5-11(4-9)8-13;1-5-2-6(8(10,11)12)4-7(3-5)9(13,14)15;4-1(5)2(6,7)15(11,12)10-16(13,14)3(1,8)9/h17-18,20-22H,2-16H2,1H3;8-12H,1-7H3;9-12H,1-8H2,(H,15,16,17);2-4H,1H3;/q;;;;-1/p-1. The van der Waals surface area contributed by atoms with Gasteiger partial charge in [-0.2, -0.15) is 52.7 Å². The van der Waals surface area contributed by atoms with Gasteiger partial charge in [0, 0.05) is 0 Å². The molecule has 0 N–H and O–H groups in total. The van der Waals surface area contributed by atoms with Crippen molar-refractivity contribution in [1.82, 2.24) is 0 Å². The summed E-state index contributed by atoms with van der Waals surface area (Å²) in [4.78, 5) is 0. The third kappa shape index (κ3) is 17.9. The molecule has 1 atom stereocenters. The van der Waals surface area contributed by atoms with E-state index in [1.165, 1.54) is 145 Å². The Labute approximate surface area is 525 Å². The Kier molecular flexibility index (Phi) is 24.6. The molecule has 512 valence electrons. The lowest BCUT2D eigenvalue weighted by Crippen LogP contribution is -2.64. The van der Waals surface area contributed by atoms with Crippen LogP contribution in [0.1, 0.15) is 286 Å². The van der Waals surface area contributed by atoms with Crippen LogP contribution in [0.3, 0.4) is 0 Å². The fraction of sp³-hybridized carbons (Fsp3) is 0.727. The number of rotatable bonds is 10. The Bertz CT molecular complexity index is 3070. The molecule has 8 aliphatic rings. The molecule has 7 saturated carbocycles. The molecule has 1 aliphatic heterocycles. The molecule has 8 nitrogen and oxygen atoms in total. The Morgan fingerprint density at radius 3 is 1.21 bits per heavy atom. The summed E-state index contributed by atoms with van der Waals surface area (Å²) in [6.45, 7) is 19.6. The van der Waals surface area contributed by atoms with Crippen molar-refractivity contribution in [2.45, 2.75) is 280 Å². The third-order valence-corrected chi connectivity index (χ3v) is 24.0. The van der Waals surface area contributed by atoms with E-state index >= 15 is 0 Å². The van der Waals surface area contributed by atoms with Gasteiger partial charge in [-0.3, -0.25) is 0 Å². The first-order chi connectivity index (χ1) is 41.3. The van der Waals surface area contributed by atoms with E-state index in [4.69, 9.17) is 0 Å². The topological polar surface area (TPSA) is 140 Å². The first-order valence-electron chi connectivity index (χ1n) is 31.8. The minimum absolute atomic E-state index is 0.0721. The van der Waals surface area contributed by atoms with Crippen LogP contribution in [0.5, 0.6) is 0 Å². The van der Waals surface area contributed by atoms with Crippen molar-refractivity contribution in [3.05, 3.63) is 108 Å². The van der Waals surface area contributed by atoms with Gasteiger partial charge >= 0.3 is 28.8 Å². The first-order valence-corrected chi connectivity index (χ1v) is 36.2. The Morgan fingerprint density at radius 1 is 0.533 bits per heavy atom. The molecule has 90 heavy (non-hydrogen) atoms. The van der Waals surface area contributed by atoms with Gasteiger partial charge in [-0.25, -0.2) is 29.6 Å². The van der Waals surface area contributed by atoms with E-state index in [1.54, 1.807) is 22.3 Å². The van der Waals surface area contributed by atoms with E-state index in [0.29, 0.717) is 36.3 Å². The second kappa shape index (κ2) is 29.3. The van der Waals surface area contributed by atoms with E-state index in [-0.39, 0.29) is 23.5 Å². The van der Waals surface area contributed by atoms with E-state index in [0.717, 1.165) is 58.9 Å². The molecule has 0 aromatic heterocycles. The average molecular weight is 1350 g/mol. The van der Waals surface area contributed by atoms with Crippen LogP contribution in [0, 0.1) is 43.9 Å². The lowest BCUT2D eigenvalue weighted by molar-refractivity contribution is -0.244. The summed E-state index contributed by atoms with van der Waals surface area (Å²) < 4.78 is 235. The van der Waals surface area contributed by atoms with E-state index in [2.05, 4.69) is 79.7 Å². The van der Waals surface area contributed by atoms with E-state index < -0.39 is 75.6 Å². The minimum atomic E-state index is -6.60. The lowest BCUT2D eigenvalue weighted by atomic mass is 9.48. The number of hydrogen-bond donors (Lipinski definition) is 0. The highest BCUT2D eigenvalue weighted by atomic mass is 32.3. The summed E-state index contributed by atoms with van der Waals surface area (Å²) in [7, 11) is -17.9. The minimum Gasteiger partial charge on any atom is -0.746 e. The number of hydrogen-bond acceptors (Lipinski definition) is 7. The zero-order chi connectivity index (χ0) is 67.5. The van der Waals surface area contributed by atoms with Gasteiger partial charge in [0.05, 0.1) is 11.1 Å². The van der Waals surface area contributed by atoms with Crippen molar-refractivity contribution in [3.8, 4) is 0 Å². The molecule has 0 radical (unpaired) electrons. The van der Waals surface area contributed by atoms with Crippen molar-refractivity contribution in [2.24, 2.45) is 23.2 Å². The number of sulfonamides is 2. The molecule has 11 rings (SSSR count). The molecule has 4 bridgehead atoms. The predicted molar refractivity (Wildman–Crippen MR) is 324 cm³/mol. The van der Waals surface area contributed by atoms with Gasteiger partial charge in [-0.15, -0.1) is 0 Å². The molecule has 1 saturated heterocycles. The molecule has 0 spiro atoms. The van der Waals surface area contributed by atoms with E-state index in [9.17, 15) is 86.9 Å². The Morgan fingerprint density at radius 2 is 0.889 bits per heavy atom. The molecular formula is C66H90F13NO7S3-2. The van der Waals surface area contributed by atoms with Crippen LogP contribution in [-0.4, -0.2) is 51.7 Å². The second-order valence-corrected chi connectivity index (χ2v) is 32.7. The lowest BCUT2D eigenvalue weighted by Gasteiger charge is -2.57. The van der Waals surface area contributed by atoms with Crippen LogP contribution in [0.15, 0.2) is 42.5 Å². The zero-order valence-corrected chi connectivity index (χ0v) is 55.5. The molecule has 24 heteroatoms. The smallest absolute Gasteiger partial charge is 0.416 e. The number of alkyl halides is 13. The van der Waals surface area contributed by atoms with Crippen LogP contribution in [-0.2, 0) is 42.5 Å². The predicted octanol–water partition coefficient (Wildman–Crippen LogP) is 21.2. The summed E-state index contributed by atoms with van der Waals surface area (Å²) >= 11 is 0. The van der Waals surface area contributed by atoms with Crippen LogP contribution < -0.4 is 0 Å². The number of benzene rings is 3. The van der Waals surface area contributed by atoms with Crippen molar-refractivity contribution in [2.75, 3.05) is 0 Å². The molecule has 3 aromatic rings. The van der Waals surface area contributed by atoms with Crippen molar-refractivity contribution in [1.29, 1.82) is 0 Å². The highest BCUT2D eigenvalue weighted by Gasteiger charge is 2.81. The second-order valence-electron chi connectivity index (χ2n) is 27.7. The number of aryl methyl sites for hydroxylation is 1. The molecule has 3 aromatic carbocycles. The van der Waals surface area contributed by atoms with Crippen LogP contribution >= 0.6 is 0 Å². The molecule has 8 fully saturated rings. The summed E-state index contributed by atoms with van der Waals surface area (Å²) in [5, 5.41) is -12.6. The fourth-order valence-corrected chi connectivity index (χ4v) is 18.6. The molecule has 7 aliphatic carbocycles. The zero-order valence-electron chi connectivity index (χ0n) is 53.0. The maximum atomic E-state index is 13.3.